The van der Waals surface area contributed by atoms with Crippen molar-refractivity contribution in [3.05, 3.63) is 22.8 Å². The SMILES string of the molecule is Nc1ncc(Cl)cc1C(O)C(O)C(=O)O. The Labute approximate surface area is 89.9 Å². The first-order chi connectivity index (χ1) is 6.93. The third kappa shape index (κ3) is 2.56. The number of anilines is 1. The molecule has 15 heavy (non-hydrogen) atoms. The normalized spacial score (nSPS) is 14.6. The second-order valence-electron chi connectivity index (χ2n) is 2.86. The quantitative estimate of drug-likeness (QED) is 0.573. The Morgan fingerprint density at radius 2 is 2.13 bits per heavy atom. The van der Waals surface area contributed by atoms with Gasteiger partial charge in [0.1, 0.15) is 11.9 Å². The summed E-state index contributed by atoms with van der Waals surface area (Å²) in [4.78, 5) is 14.0. The maximum Gasteiger partial charge on any atom is 0.335 e. The van der Waals surface area contributed by atoms with Crippen molar-refractivity contribution >= 4 is 23.4 Å². The smallest absolute Gasteiger partial charge is 0.335 e. The fourth-order valence-corrected chi connectivity index (χ4v) is 1.17. The molecular weight excluding hydrogens is 224 g/mol. The predicted octanol–water partition coefficient (Wildman–Crippen LogP) is -0.204. The van der Waals surface area contributed by atoms with Gasteiger partial charge in [-0.15, -0.1) is 0 Å². The predicted molar refractivity (Wildman–Crippen MR) is 52.3 cm³/mol. The Morgan fingerprint density at radius 1 is 1.53 bits per heavy atom. The Hall–Kier alpha value is -1.37. The highest BCUT2D eigenvalue weighted by molar-refractivity contribution is 6.30. The molecule has 0 saturated carbocycles. The minimum atomic E-state index is -1.97. The van der Waals surface area contributed by atoms with Crippen LogP contribution in [0.15, 0.2) is 12.3 Å². The fraction of sp³-hybridized carbons (Fsp3) is 0.250. The van der Waals surface area contributed by atoms with Gasteiger partial charge in [0, 0.05) is 11.8 Å². The van der Waals surface area contributed by atoms with Gasteiger partial charge in [0.25, 0.3) is 0 Å². The first-order valence-electron chi connectivity index (χ1n) is 3.93. The van der Waals surface area contributed by atoms with E-state index in [1.807, 2.05) is 0 Å². The molecule has 0 fully saturated rings. The largest absolute Gasteiger partial charge is 0.479 e. The van der Waals surface area contributed by atoms with Crippen LogP contribution in [0.4, 0.5) is 5.82 Å². The lowest BCUT2D eigenvalue weighted by molar-refractivity contribution is -0.153. The van der Waals surface area contributed by atoms with Gasteiger partial charge >= 0.3 is 5.97 Å². The monoisotopic (exact) mass is 232 g/mol. The summed E-state index contributed by atoms with van der Waals surface area (Å²) in [5, 5.41) is 27.2. The third-order valence-electron chi connectivity index (χ3n) is 1.79. The van der Waals surface area contributed by atoms with Crippen LogP contribution >= 0.6 is 11.6 Å². The van der Waals surface area contributed by atoms with E-state index in [-0.39, 0.29) is 16.4 Å². The second-order valence-corrected chi connectivity index (χ2v) is 3.29. The van der Waals surface area contributed by atoms with E-state index < -0.39 is 18.2 Å². The molecular formula is C8H9ClN2O4. The molecule has 1 rings (SSSR count). The molecule has 2 atom stereocenters. The van der Waals surface area contributed by atoms with Crippen molar-refractivity contribution in [1.29, 1.82) is 0 Å². The van der Waals surface area contributed by atoms with Gasteiger partial charge in [0.05, 0.1) is 5.02 Å². The first kappa shape index (κ1) is 11.7. The molecule has 0 spiro atoms. The standard InChI is InChI=1S/C8H9ClN2O4/c9-3-1-4(7(10)11-2-3)5(12)6(13)8(14)15/h1-2,5-6,12-13H,(H2,10,11)(H,14,15). The van der Waals surface area contributed by atoms with Gasteiger partial charge in [0.15, 0.2) is 6.10 Å². The summed E-state index contributed by atoms with van der Waals surface area (Å²) in [5.74, 6) is -1.63. The number of aliphatic hydroxyl groups is 2. The number of hydrogen-bond donors (Lipinski definition) is 4. The summed E-state index contributed by atoms with van der Waals surface area (Å²) in [6.07, 6.45) is -2.37. The summed E-state index contributed by atoms with van der Waals surface area (Å²) in [6.45, 7) is 0. The number of pyridine rings is 1. The minimum Gasteiger partial charge on any atom is -0.479 e. The van der Waals surface area contributed by atoms with E-state index in [2.05, 4.69) is 4.98 Å². The highest BCUT2D eigenvalue weighted by Gasteiger charge is 2.27. The van der Waals surface area contributed by atoms with Crippen LogP contribution in [0.25, 0.3) is 0 Å². The summed E-state index contributed by atoms with van der Waals surface area (Å²) in [5.41, 5.74) is 5.38. The zero-order valence-corrected chi connectivity index (χ0v) is 8.22. The third-order valence-corrected chi connectivity index (χ3v) is 1.99. The van der Waals surface area contributed by atoms with E-state index in [4.69, 9.17) is 27.5 Å². The number of nitrogens with zero attached hydrogens (tertiary/aromatic N) is 1. The number of aliphatic hydroxyl groups excluding tert-OH is 2. The fourth-order valence-electron chi connectivity index (χ4n) is 1.01. The Morgan fingerprint density at radius 3 is 2.67 bits per heavy atom. The topological polar surface area (TPSA) is 117 Å². The van der Waals surface area contributed by atoms with E-state index in [1.165, 1.54) is 12.3 Å². The van der Waals surface area contributed by atoms with Gasteiger partial charge in [-0.05, 0) is 6.07 Å². The molecule has 5 N–H and O–H groups in total. The van der Waals surface area contributed by atoms with E-state index in [0.717, 1.165) is 0 Å². The van der Waals surface area contributed by atoms with Crippen molar-refractivity contribution in [2.24, 2.45) is 0 Å². The lowest BCUT2D eigenvalue weighted by Gasteiger charge is -2.15. The van der Waals surface area contributed by atoms with Gasteiger partial charge in [-0.2, -0.15) is 0 Å². The molecule has 0 radical (unpaired) electrons. The molecule has 6 nitrogen and oxygen atoms in total. The zero-order chi connectivity index (χ0) is 11.6. The molecule has 7 heteroatoms. The molecule has 0 aliphatic carbocycles. The van der Waals surface area contributed by atoms with E-state index in [9.17, 15) is 9.90 Å². The Balaban J connectivity index is 3.04. The summed E-state index contributed by atoms with van der Waals surface area (Å²) < 4.78 is 0. The molecule has 1 aromatic heterocycles. The zero-order valence-electron chi connectivity index (χ0n) is 7.46. The Kier molecular flexibility index (Phi) is 3.46. The number of halogens is 1. The van der Waals surface area contributed by atoms with Crippen LogP contribution in [0.5, 0.6) is 0 Å². The molecule has 82 valence electrons. The van der Waals surface area contributed by atoms with Crippen LogP contribution in [-0.4, -0.2) is 32.4 Å². The number of carboxylic acid groups (broad SMARTS) is 1. The number of aliphatic carboxylic acids is 1. The molecule has 2 unspecified atom stereocenters. The number of carboxylic acids is 1. The first-order valence-corrected chi connectivity index (χ1v) is 4.31. The average Bonchev–Trinajstić information content (AvgIpc) is 2.19. The van der Waals surface area contributed by atoms with Crippen molar-refractivity contribution in [2.45, 2.75) is 12.2 Å². The van der Waals surface area contributed by atoms with Crippen molar-refractivity contribution in [2.75, 3.05) is 5.73 Å². The number of rotatable bonds is 3. The van der Waals surface area contributed by atoms with Gasteiger partial charge in [-0.3, -0.25) is 0 Å². The van der Waals surface area contributed by atoms with Crippen molar-refractivity contribution in [1.82, 2.24) is 4.98 Å². The van der Waals surface area contributed by atoms with Crippen LogP contribution in [0, 0.1) is 0 Å². The highest BCUT2D eigenvalue weighted by atomic mass is 35.5. The van der Waals surface area contributed by atoms with Gasteiger partial charge in [-0.25, -0.2) is 9.78 Å². The van der Waals surface area contributed by atoms with E-state index >= 15 is 0 Å². The molecule has 1 heterocycles. The van der Waals surface area contributed by atoms with Gasteiger partial charge in [-0.1, -0.05) is 11.6 Å². The highest BCUT2D eigenvalue weighted by Crippen LogP contribution is 2.24. The lowest BCUT2D eigenvalue weighted by Crippen LogP contribution is -2.28. The van der Waals surface area contributed by atoms with Gasteiger partial charge in [0.2, 0.25) is 0 Å². The molecule has 0 aliphatic rings. The molecule has 0 aromatic carbocycles. The molecule has 0 saturated heterocycles. The van der Waals surface area contributed by atoms with Crippen LogP contribution < -0.4 is 5.73 Å². The number of nitrogens with two attached hydrogens (primary N) is 1. The van der Waals surface area contributed by atoms with E-state index in [1.54, 1.807) is 0 Å². The molecule has 0 aliphatic heterocycles. The summed E-state index contributed by atoms with van der Waals surface area (Å²) in [6, 6.07) is 1.25. The molecule has 0 bridgehead atoms. The molecule has 0 amide bonds. The Bertz CT molecular complexity index is 385. The second kappa shape index (κ2) is 4.43. The number of aromatic nitrogens is 1. The number of nitrogen functional groups attached to an aromatic ring is 1. The van der Waals surface area contributed by atoms with E-state index in [0.29, 0.717) is 0 Å². The van der Waals surface area contributed by atoms with Gasteiger partial charge < -0.3 is 21.1 Å². The summed E-state index contributed by atoms with van der Waals surface area (Å²) in [7, 11) is 0. The van der Waals surface area contributed by atoms with Crippen molar-refractivity contribution < 1.29 is 20.1 Å². The minimum absolute atomic E-state index is 0.0163. The van der Waals surface area contributed by atoms with Crippen LogP contribution in [0.1, 0.15) is 11.7 Å². The van der Waals surface area contributed by atoms with Crippen LogP contribution in [0.2, 0.25) is 5.02 Å². The van der Waals surface area contributed by atoms with Crippen molar-refractivity contribution in [3.63, 3.8) is 0 Å². The maximum atomic E-state index is 10.4. The number of hydrogen-bond acceptors (Lipinski definition) is 5. The number of carbonyl (C=O) groups is 1. The van der Waals surface area contributed by atoms with Crippen LogP contribution in [-0.2, 0) is 4.79 Å². The summed E-state index contributed by atoms with van der Waals surface area (Å²) >= 11 is 5.59. The maximum absolute atomic E-state index is 10.4. The lowest BCUT2D eigenvalue weighted by atomic mass is 10.1. The average molecular weight is 233 g/mol. The van der Waals surface area contributed by atoms with Crippen LogP contribution in [0.3, 0.4) is 0 Å². The van der Waals surface area contributed by atoms with Crippen molar-refractivity contribution in [3.8, 4) is 0 Å². The molecule has 1 aromatic rings.